The Morgan fingerprint density at radius 3 is 2.53 bits per heavy atom. The number of nitrogens with one attached hydrogen (secondary N) is 1. The summed E-state index contributed by atoms with van der Waals surface area (Å²) in [4.78, 5) is 9.82. The predicted molar refractivity (Wildman–Crippen MR) is 142 cm³/mol. The van der Waals surface area contributed by atoms with Crippen LogP contribution < -0.4 is 5.32 Å². The molecule has 2 heterocycles. The van der Waals surface area contributed by atoms with Gasteiger partial charge in [-0.3, -0.25) is 9.89 Å². The van der Waals surface area contributed by atoms with Crippen LogP contribution in [-0.4, -0.2) is 60.2 Å². The van der Waals surface area contributed by atoms with Gasteiger partial charge >= 0.3 is 0 Å². The van der Waals surface area contributed by atoms with Gasteiger partial charge in [-0.05, 0) is 43.5 Å². The maximum absolute atomic E-state index is 5.27. The highest BCUT2D eigenvalue weighted by Gasteiger charge is 2.20. The fraction of sp³-hybridized carbons (Fsp3) is 0.440. The SMILES string of the molecule is CCNC(=NCCc1c(C)noc1C)N1CCN(Cc2cccc3ccccc23)CC1.I. The van der Waals surface area contributed by atoms with Crippen molar-refractivity contribution < 1.29 is 4.52 Å². The van der Waals surface area contributed by atoms with Gasteiger partial charge in [0.15, 0.2) is 5.96 Å². The van der Waals surface area contributed by atoms with E-state index in [0.717, 1.165) is 69.6 Å². The van der Waals surface area contributed by atoms with E-state index in [1.807, 2.05) is 13.8 Å². The molecule has 1 saturated heterocycles. The molecule has 0 radical (unpaired) electrons. The molecule has 1 aliphatic heterocycles. The maximum Gasteiger partial charge on any atom is 0.194 e. The third kappa shape index (κ3) is 5.81. The molecule has 1 aliphatic rings. The standard InChI is InChI=1S/C25H33N5O.HI/c1-4-26-25(27-13-12-23-19(2)28-31-20(23)3)30-16-14-29(15-17-30)18-22-10-7-9-21-8-5-6-11-24(21)22;/h5-11H,4,12-18H2,1-3H3,(H,26,27);1H. The lowest BCUT2D eigenvalue weighted by Crippen LogP contribution is -2.52. The number of guanidine groups is 1. The van der Waals surface area contributed by atoms with Crippen LogP contribution in [0.5, 0.6) is 0 Å². The molecule has 0 spiro atoms. The third-order valence-corrected chi connectivity index (χ3v) is 6.09. The summed E-state index contributed by atoms with van der Waals surface area (Å²) in [6, 6.07) is 15.3. The molecule has 0 atom stereocenters. The molecule has 0 bridgehead atoms. The number of nitrogens with zero attached hydrogens (tertiary/aromatic N) is 4. The summed E-state index contributed by atoms with van der Waals surface area (Å²) in [5.41, 5.74) is 3.56. The van der Waals surface area contributed by atoms with Crippen molar-refractivity contribution >= 4 is 40.7 Å². The first-order valence-corrected chi connectivity index (χ1v) is 11.3. The van der Waals surface area contributed by atoms with Crippen molar-refractivity contribution in [3.63, 3.8) is 0 Å². The van der Waals surface area contributed by atoms with Gasteiger partial charge in [-0.25, -0.2) is 0 Å². The highest BCUT2D eigenvalue weighted by Crippen LogP contribution is 2.20. The molecule has 1 N–H and O–H groups in total. The van der Waals surface area contributed by atoms with E-state index in [1.165, 1.54) is 21.9 Å². The summed E-state index contributed by atoms with van der Waals surface area (Å²) in [7, 11) is 0. The van der Waals surface area contributed by atoms with Crippen LogP contribution in [-0.2, 0) is 13.0 Å². The number of piperazine rings is 1. The van der Waals surface area contributed by atoms with E-state index in [1.54, 1.807) is 0 Å². The molecule has 2 aromatic carbocycles. The minimum Gasteiger partial charge on any atom is -0.361 e. The van der Waals surface area contributed by atoms with Crippen molar-refractivity contribution in [3.05, 3.63) is 65.0 Å². The van der Waals surface area contributed by atoms with Crippen LogP contribution in [0.15, 0.2) is 52.0 Å². The van der Waals surface area contributed by atoms with Crippen molar-refractivity contribution in [2.24, 2.45) is 4.99 Å². The van der Waals surface area contributed by atoms with E-state index in [-0.39, 0.29) is 24.0 Å². The van der Waals surface area contributed by atoms with E-state index in [4.69, 9.17) is 9.52 Å². The Labute approximate surface area is 208 Å². The number of halogens is 1. The summed E-state index contributed by atoms with van der Waals surface area (Å²) in [5.74, 6) is 1.92. The monoisotopic (exact) mass is 547 g/mol. The molecule has 172 valence electrons. The van der Waals surface area contributed by atoms with Gasteiger partial charge < -0.3 is 14.7 Å². The zero-order chi connectivity index (χ0) is 21.6. The Kier molecular flexibility index (Phi) is 8.92. The molecule has 1 fully saturated rings. The molecular weight excluding hydrogens is 513 g/mol. The molecule has 0 saturated carbocycles. The number of benzene rings is 2. The minimum atomic E-state index is 0. The van der Waals surface area contributed by atoms with Crippen molar-refractivity contribution in [2.75, 3.05) is 39.3 Å². The van der Waals surface area contributed by atoms with Gasteiger partial charge in [0.25, 0.3) is 0 Å². The van der Waals surface area contributed by atoms with Gasteiger partial charge in [0, 0.05) is 51.4 Å². The lowest BCUT2D eigenvalue weighted by molar-refractivity contribution is 0.173. The molecule has 32 heavy (non-hydrogen) atoms. The van der Waals surface area contributed by atoms with Crippen LogP contribution in [0, 0.1) is 13.8 Å². The van der Waals surface area contributed by atoms with Crippen LogP contribution in [0.2, 0.25) is 0 Å². The summed E-state index contributed by atoms with van der Waals surface area (Å²) in [6.45, 7) is 12.8. The second kappa shape index (κ2) is 11.7. The van der Waals surface area contributed by atoms with Gasteiger partial charge in [0.2, 0.25) is 0 Å². The fourth-order valence-corrected chi connectivity index (χ4v) is 4.35. The number of aryl methyl sites for hydroxylation is 2. The molecule has 0 aliphatic carbocycles. The Bertz CT molecular complexity index is 1010. The molecule has 7 heteroatoms. The molecule has 3 aromatic rings. The Balaban J connectivity index is 0.00000289. The van der Waals surface area contributed by atoms with E-state index >= 15 is 0 Å². The zero-order valence-electron chi connectivity index (χ0n) is 19.3. The topological polar surface area (TPSA) is 56.9 Å². The molecule has 0 amide bonds. The van der Waals surface area contributed by atoms with Crippen LogP contribution in [0.3, 0.4) is 0 Å². The Hall–Kier alpha value is -2.13. The first-order chi connectivity index (χ1) is 15.2. The van der Waals surface area contributed by atoms with Gasteiger partial charge in [0.05, 0.1) is 5.69 Å². The van der Waals surface area contributed by atoms with Gasteiger partial charge in [-0.15, -0.1) is 24.0 Å². The Morgan fingerprint density at radius 1 is 1.06 bits per heavy atom. The first kappa shape index (κ1) is 24.5. The first-order valence-electron chi connectivity index (χ1n) is 11.3. The normalized spacial score (nSPS) is 15.1. The van der Waals surface area contributed by atoms with Crippen molar-refractivity contribution in [1.82, 2.24) is 20.3 Å². The smallest absolute Gasteiger partial charge is 0.194 e. The summed E-state index contributed by atoms with van der Waals surface area (Å²) in [5, 5.41) is 10.2. The van der Waals surface area contributed by atoms with Crippen LogP contribution in [0.1, 0.15) is 29.5 Å². The number of hydrogen-bond acceptors (Lipinski definition) is 4. The molecule has 1 aromatic heterocycles. The van der Waals surface area contributed by atoms with Crippen molar-refractivity contribution in [2.45, 2.75) is 33.7 Å². The van der Waals surface area contributed by atoms with Crippen LogP contribution >= 0.6 is 24.0 Å². The molecular formula is C25H34IN5O. The van der Waals surface area contributed by atoms with Crippen LogP contribution in [0.4, 0.5) is 0 Å². The molecule has 4 rings (SSSR count). The van der Waals surface area contributed by atoms with Crippen molar-refractivity contribution in [1.29, 1.82) is 0 Å². The number of rotatable bonds is 6. The third-order valence-electron chi connectivity index (χ3n) is 6.09. The summed E-state index contributed by atoms with van der Waals surface area (Å²) < 4.78 is 5.27. The number of aliphatic imine (C=N–C) groups is 1. The summed E-state index contributed by atoms with van der Waals surface area (Å²) in [6.07, 6.45) is 0.858. The zero-order valence-corrected chi connectivity index (χ0v) is 21.6. The van der Waals surface area contributed by atoms with Gasteiger partial charge in [-0.2, -0.15) is 0 Å². The highest BCUT2D eigenvalue weighted by atomic mass is 127. The predicted octanol–water partition coefficient (Wildman–Crippen LogP) is 4.39. The highest BCUT2D eigenvalue weighted by molar-refractivity contribution is 14.0. The lowest BCUT2D eigenvalue weighted by atomic mass is 10.0. The lowest BCUT2D eigenvalue weighted by Gasteiger charge is -2.36. The van der Waals surface area contributed by atoms with E-state index < -0.39 is 0 Å². The number of fused-ring (bicyclic) bond motifs is 1. The molecule has 6 nitrogen and oxygen atoms in total. The molecule has 0 unspecified atom stereocenters. The second-order valence-corrected chi connectivity index (χ2v) is 8.19. The number of aromatic nitrogens is 1. The van der Waals surface area contributed by atoms with Crippen LogP contribution in [0.25, 0.3) is 10.8 Å². The largest absolute Gasteiger partial charge is 0.361 e. The average molecular weight is 547 g/mol. The minimum absolute atomic E-state index is 0. The van der Waals surface area contributed by atoms with Gasteiger partial charge in [0.1, 0.15) is 5.76 Å². The van der Waals surface area contributed by atoms with Gasteiger partial charge in [-0.1, -0.05) is 47.6 Å². The Morgan fingerprint density at radius 2 is 1.81 bits per heavy atom. The quantitative estimate of drug-likeness (QED) is 0.282. The number of hydrogen-bond donors (Lipinski definition) is 1. The average Bonchev–Trinajstić information content (AvgIpc) is 3.11. The second-order valence-electron chi connectivity index (χ2n) is 8.19. The van der Waals surface area contributed by atoms with E-state index in [9.17, 15) is 0 Å². The van der Waals surface area contributed by atoms with E-state index in [2.05, 4.69) is 69.7 Å². The fourth-order valence-electron chi connectivity index (χ4n) is 4.35. The van der Waals surface area contributed by atoms with E-state index in [0.29, 0.717) is 0 Å². The maximum atomic E-state index is 5.27. The summed E-state index contributed by atoms with van der Waals surface area (Å²) >= 11 is 0. The van der Waals surface area contributed by atoms with Crippen molar-refractivity contribution in [3.8, 4) is 0 Å².